The zero-order chi connectivity index (χ0) is 21.2. The predicted molar refractivity (Wildman–Crippen MR) is 116 cm³/mol. The van der Waals surface area contributed by atoms with Crippen LogP contribution in [0.2, 0.25) is 0 Å². The second-order valence-electron chi connectivity index (χ2n) is 7.31. The number of allylic oxidation sites excluding steroid dienone is 1. The maximum absolute atomic E-state index is 13.0. The van der Waals surface area contributed by atoms with Gasteiger partial charge in [-0.15, -0.1) is 0 Å². The van der Waals surface area contributed by atoms with Crippen molar-refractivity contribution in [2.24, 2.45) is 5.41 Å². The van der Waals surface area contributed by atoms with Gasteiger partial charge in [-0.2, -0.15) is 26.3 Å². The minimum Gasteiger partial charge on any atom is -0.359 e. The van der Waals surface area contributed by atoms with E-state index < -0.39 is 26.4 Å². The molecule has 0 aliphatic heterocycles. The summed E-state index contributed by atoms with van der Waals surface area (Å²) in [5, 5.41) is 3.17. The Labute approximate surface area is 168 Å². The van der Waals surface area contributed by atoms with Crippen LogP contribution < -0.4 is 5.32 Å². The Morgan fingerprint density at radius 3 is 2.32 bits per heavy atom. The maximum Gasteiger partial charge on any atom is 0.416 e. The van der Waals surface area contributed by atoms with Gasteiger partial charge in [0.15, 0.2) is 0 Å². The third-order valence-corrected chi connectivity index (χ3v) is 7.29. The summed E-state index contributed by atoms with van der Waals surface area (Å²) in [5.41, 5.74) is 0.133. The smallest absolute Gasteiger partial charge is 0.359 e. The lowest BCUT2D eigenvalue weighted by atomic mass is 9.92. The first-order chi connectivity index (χ1) is 12.8. The molecule has 28 heavy (non-hydrogen) atoms. The molecule has 0 aromatic heterocycles. The van der Waals surface area contributed by atoms with Crippen molar-refractivity contribution in [3.05, 3.63) is 66.4 Å². The van der Waals surface area contributed by atoms with E-state index in [4.69, 9.17) is 0 Å². The molecule has 0 amide bonds. The fourth-order valence-electron chi connectivity index (χ4n) is 2.77. The van der Waals surface area contributed by atoms with Gasteiger partial charge in [0.25, 0.3) is 0 Å². The predicted octanol–water partition coefficient (Wildman–Crippen LogP) is 7.36. The van der Waals surface area contributed by atoms with Gasteiger partial charge >= 0.3 is 6.18 Å². The first kappa shape index (κ1) is 22.4. The largest absolute Gasteiger partial charge is 0.416 e. The number of rotatable bonds is 7. The van der Waals surface area contributed by atoms with E-state index in [9.17, 15) is 17.1 Å². The Kier molecular flexibility index (Phi) is 6.61. The fourth-order valence-corrected chi connectivity index (χ4v) is 5.54. The summed E-state index contributed by atoms with van der Waals surface area (Å²) < 4.78 is 51.9. The standard InChI is InChI=1S/C21H23F4NS2/c1-15(26-17-9-7-10-18(13-17)27-25)20(2,3)14-28(4,5)19-11-6-8-16(12-19)21(22,23)24/h6-13,26H,1,4-5,14H2,2-3H3. The van der Waals surface area contributed by atoms with E-state index in [2.05, 4.69) is 23.6 Å². The van der Waals surface area contributed by atoms with Crippen molar-refractivity contribution in [3.63, 3.8) is 0 Å². The van der Waals surface area contributed by atoms with Gasteiger partial charge in [-0.05, 0) is 47.0 Å². The van der Waals surface area contributed by atoms with E-state index in [0.29, 0.717) is 26.9 Å². The highest BCUT2D eigenvalue weighted by atomic mass is 32.2. The van der Waals surface area contributed by atoms with Crippen LogP contribution in [0.25, 0.3) is 0 Å². The number of halogens is 4. The van der Waals surface area contributed by atoms with Crippen molar-refractivity contribution in [1.82, 2.24) is 0 Å². The highest BCUT2D eigenvalue weighted by Crippen LogP contribution is 2.43. The lowest BCUT2D eigenvalue weighted by Crippen LogP contribution is -2.24. The summed E-state index contributed by atoms with van der Waals surface area (Å²) in [7, 11) is -2.02. The SMILES string of the molecule is C=C(Nc1cccc(SF)c1)C(C)(C)CS(=C)(=C)c1cccc(C(F)(F)F)c1. The van der Waals surface area contributed by atoms with E-state index in [1.54, 1.807) is 30.3 Å². The molecule has 0 heterocycles. The molecule has 0 aliphatic carbocycles. The van der Waals surface area contributed by atoms with Crippen LogP contribution in [-0.2, 0) is 6.18 Å². The van der Waals surface area contributed by atoms with Crippen molar-refractivity contribution < 1.29 is 17.1 Å². The Bertz CT molecular complexity index is 960. The first-order valence-corrected chi connectivity index (χ1v) is 11.2. The minimum atomic E-state index is -4.41. The molecule has 0 saturated carbocycles. The number of hydrogen-bond acceptors (Lipinski definition) is 2. The Morgan fingerprint density at radius 2 is 1.71 bits per heavy atom. The Hall–Kier alpha value is -1.86. The van der Waals surface area contributed by atoms with Gasteiger partial charge in [0.2, 0.25) is 0 Å². The average molecular weight is 430 g/mol. The van der Waals surface area contributed by atoms with Crippen LogP contribution in [0.4, 0.5) is 22.7 Å². The molecule has 0 unspecified atom stereocenters. The van der Waals surface area contributed by atoms with Crippen LogP contribution in [0, 0.1) is 5.41 Å². The molecule has 1 nitrogen and oxygen atoms in total. The van der Waals surface area contributed by atoms with Crippen LogP contribution in [0.15, 0.2) is 70.6 Å². The topological polar surface area (TPSA) is 12.0 Å². The molecule has 2 aromatic carbocycles. The summed E-state index contributed by atoms with van der Waals surface area (Å²) in [6.45, 7) is 7.94. The maximum atomic E-state index is 13.0. The normalized spacial score (nSPS) is 12.6. The molecular formula is C21H23F4NS2. The molecule has 0 spiro atoms. The van der Waals surface area contributed by atoms with Crippen molar-refractivity contribution in [2.45, 2.75) is 29.8 Å². The number of nitrogens with one attached hydrogen (secondary N) is 1. The molecule has 0 aliphatic rings. The summed E-state index contributed by atoms with van der Waals surface area (Å²) in [6.07, 6.45) is -4.41. The summed E-state index contributed by atoms with van der Waals surface area (Å²) >= 11 is 0.151. The molecule has 2 aromatic rings. The van der Waals surface area contributed by atoms with Crippen LogP contribution in [-0.4, -0.2) is 17.5 Å². The third-order valence-electron chi connectivity index (χ3n) is 4.33. The van der Waals surface area contributed by atoms with Crippen molar-refractivity contribution >= 4 is 38.8 Å². The molecular weight excluding hydrogens is 406 g/mol. The molecule has 7 heteroatoms. The second-order valence-corrected chi connectivity index (χ2v) is 10.8. The van der Waals surface area contributed by atoms with Gasteiger partial charge < -0.3 is 5.32 Å². The van der Waals surface area contributed by atoms with Crippen molar-refractivity contribution in [2.75, 3.05) is 11.1 Å². The van der Waals surface area contributed by atoms with Crippen LogP contribution in [0.3, 0.4) is 0 Å². The lowest BCUT2D eigenvalue weighted by molar-refractivity contribution is -0.137. The van der Waals surface area contributed by atoms with E-state index in [1.807, 2.05) is 13.8 Å². The number of benzene rings is 2. The van der Waals surface area contributed by atoms with Crippen molar-refractivity contribution in [3.8, 4) is 0 Å². The Balaban J connectivity index is 2.22. The minimum absolute atomic E-state index is 0.151. The first-order valence-electron chi connectivity index (χ1n) is 8.35. The van der Waals surface area contributed by atoms with Gasteiger partial charge in [0.1, 0.15) is 0 Å². The molecule has 0 radical (unpaired) electrons. The highest BCUT2D eigenvalue weighted by molar-refractivity contribution is 8.27. The number of alkyl halides is 3. The van der Waals surface area contributed by atoms with Gasteiger partial charge in [-0.25, -0.2) is 0 Å². The molecule has 0 bridgehead atoms. The van der Waals surface area contributed by atoms with Gasteiger partial charge in [-0.1, -0.05) is 44.3 Å². The monoisotopic (exact) mass is 429 g/mol. The van der Waals surface area contributed by atoms with Crippen LogP contribution in [0.1, 0.15) is 19.4 Å². The summed E-state index contributed by atoms with van der Waals surface area (Å²) in [6, 6.07) is 12.0. The van der Waals surface area contributed by atoms with Crippen LogP contribution >= 0.6 is 21.4 Å². The summed E-state index contributed by atoms with van der Waals surface area (Å²) in [5.74, 6) is 8.73. The number of hydrogen-bond donors (Lipinski definition) is 1. The van der Waals surface area contributed by atoms with E-state index in [-0.39, 0.29) is 12.1 Å². The molecule has 1 N–H and O–H groups in total. The van der Waals surface area contributed by atoms with Gasteiger partial charge in [0, 0.05) is 21.7 Å². The third kappa shape index (κ3) is 5.58. The van der Waals surface area contributed by atoms with E-state index in [1.165, 1.54) is 6.07 Å². The van der Waals surface area contributed by atoms with Gasteiger partial charge in [0.05, 0.1) is 17.7 Å². The second kappa shape index (κ2) is 8.25. The molecule has 0 saturated heterocycles. The van der Waals surface area contributed by atoms with Crippen molar-refractivity contribution in [1.29, 1.82) is 0 Å². The molecule has 152 valence electrons. The van der Waals surface area contributed by atoms with E-state index >= 15 is 0 Å². The lowest BCUT2D eigenvalue weighted by Gasteiger charge is -2.32. The zero-order valence-electron chi connectivity index (χ0n) is 15.8. The molecule has 2 rings (SSSR count). The Morgan fingerprint density at radius 1 is 1.07 bits per heavy atom. The molecule has 0 fully saturated rings. The highest BCUT2D eigenvalue weighted by Gasteiger charge is 2.31. The van der Waals surface area contributed by atoms with Gasteiger partial charge in [-0.3, -0.25) is 0 Å². The molecule has 0 atom stereocenters. The van der Waals surface area contributed by atoms with Crippen LogP contribution in [0.5, 0.6) is 0 Å². The quantitative estimate of drug-likeness (QED) is 0.364. The fraction of sp³-hybridized carbons (Fsp3) is 0.238. The number of anilines is 1. The average Bonchev–Trinajstić information content (AvgIpc) is 2.60. The zero-order valence-corrected chi connectivity index (χ0v) is 17.4. The summed E-state index contributed by atoms with van der Waals surface area (Å²) in [4.78, 5) is 0.952. The van der Waals surface area contributed by atoms with E-state index in [0.717, 1.165) is 12.1 Å².